The minimum absolute atomic E-state index is 0.252. The molecule has 0 heterocycles. The van der Waals surface area contributed by atoms with Gasteiger partial charge in [-0.05, 0) is 68.0 Å². The van der Waals surface area contributed by atoms with Crippen LogP contribution in [0.2, 0.25) is 0 Å². The predicted molar refractivity (Wildman–Crippen MR) is 82.3 cm³/mol. The van der Waals surface area contributed by atoms with Crippen LogP contribution in [0.5, 0.6) is 5.75 Å². The molecule has 0 aliphatic heterocycles. The van der Waals surface area contributed by atoms with Crippen molar-refractivity contribution in [3.63, 3.8) is 0 Å². The number of hydrogen-bond acceptors (Lipinski definition) is 3. The van der Waals surface area contributed by atoms with Crippen LogP contribution < -0.4 is 4.74 Å². The number of carbonyl (C=O) groups excluding carboxylic acids is 1. The Labute approximate surface area is 127 Å². The van der Waals surface area contributed by atoms with Gasteiger partial charge in [0.05, 0.1) is 3.57 Å². The predicted octanol–water partition coefficient (Wildman–Crippen LogP) is 3.85. The quantitative estimate of drug-likeness (QED) is 0.596. The van der Waals surface area contributed by atoms with Gasteiger partial charge in [0.25, 0.3) is 0 Å². The minimum Gasteiger partial charge on any atom is -0.474 e. The van der Waals surface area contributed by atoms with Gasteiger partial charge in [-0.2, -0.15) is 0 Å². The van der Waals surface area contributed by atoms with Crippen molar-refractivity contribution in [3.8, 4) is 5.75 Å². The lowest BCUT2D eigenvalue weighted by atomic mass is 10.2. The van der Waals surface area contributed by atoms with E-state index in [1.165, 1.54) is 0 Å². The maximum atomic E-state index is 12.2. The molecule has 2 rings (SSSR count). The van der Waals surface area contributed by atoms with E-state index in [1.807, 2.05) is 45.9 Å². The molecule has 1 fully saturated rings. The number of benzene rings is 1. The second-order valence-electron chi connectivity index (χ2n) is 6.03. The highest BCUT2D eigenvalue weighted by molar-refractivity contribution is 14.1. The molecular weight excluding hydrogens is 355 g/mol. The van der Waals surface area contributed by atoms with Crippen molar-refractivity contribution < 1.29 is 14.3 Å². The number of hydrogen-bond donors (Lipinski definition) is 0. The van der Waals surface area contributed by atoms with Crippen molar-refractivity contribution in [2.45, 2.75) is 51.7 Å². The van der Waals surface area contributed by atoms with E-state index in [9.17, 15) is 4.79 Å². The van der Waals surface area contributed by atoms with Crippen molar-refractivity contribution in [1.29, 1.82) is 0 Å². The van der Waals surface area contributed by atoms with Gasteiger partial charge in [0.15, 0.2) is 0 Å². The third-order valence-corrected chi connectivity index (χ3v) is 3.76. The third-order valence-electron chi connectivity index (χ3n) is 2.87. The number of ether oxygens (including phenoxy) is 2. The lowest BCUT2D eigenvalue weighted by Gasteiger charge is -2.24. The first-order valence-electron chi connectivity index (χ1n) is 6.40. The number of rotatable bonds is 3. The molecule has 0 atom stereocenters. The van der Waals surface area contributed by atoms with Crippen molar-refractivity contribution in [3.05, 3.63) is 27.3 Å². The molecule has 1 aliphatic carbocycles. The molecule has 4 heteroatoms. The zero-order valence-corrected chi connectivity index (χ0v) is 13.9. The fourth-order valence-electron chi connectivity index (χ4n) is 1.73. The van der Waals surface area contributed by atoms with Gasteiger partial charge in [0.2, 0.25) is 5.60 Å². The fraction of sp³-hybridized carbons (Fsp3) is 0.533. The van der Waals surface area contributed by atoms with Crippen LogP contribution >= 0.6 is 22.6 Å². The van der Waals surface area contributed by atoms with Crippen LogP contribution in [0, 0.1) is 10.5 Å². The molecule has 1 aromatic rings. The number of aryl methyl sites for hydroxylation is 1. The van der Waals surface area contributed by atoms with Crippen LogP contribution in [0.1, 0.15) is 39.2 Å². The van der Waals surface area contributed by atoms with E-state index in [-0.39, 0.29) is 5.97 Å². The normalized spacial score (nSPS) is 16.9. The van der Waals surface area contributed by atoms with Gasteiger partial charge in [-0.3, -0.25) is 0 Å². The van der Waals surface area contributed by atoms with Crippen LogP contribution in [0.25, 0.3) is 0 Å². The van der Waals surface area contributed by atoms with Gasteiger partial charge in [-0.15, -0.1) is 0 Å². The Bertz CT molecular complexity index is 499. The van der Waals surface area contributed by atoms with Crippen molar-refractivity contribution in [2.75, 3.05) is 0 Å². The maximum Gasteiger partial charge on any atom is 0.351 e. The van der Waals surface area contributed by atoms with E-state index in [1.54, 1.807) is 0 Å². The average Bonchev–Trinajstić information content (AvgIpc) is 3.02. The first-order valence-corrected chi connectivity index (χ1v) is 7.48. The maximum absolute atomic E-state index is 12.2. The summed E-state index contributed by atoms with van der Waals surface area (Å²) in [6, 6.07) is 5.99. The number of esters is 1. The van der Waals surface area contributed by atoms with Gasteiger partial charge in [-0.25, -0.2) is 4.79 Å². The van der Waals surface area contributed by atoms with E-state index in [0.717, 1.165) is 27.7 Å². The van der Waals surface area contributed by atoms with Crippen molar-refractivity contribution in [2.24, 2.45) is 0 Å². The second kappa shape index (κ2) is 4.96. The Morgan fingerprint density at radius 1 is 1.32 bits per heavy atom. The molecule has 104 valence electrons. The monoisotopic (exact) mass is 374 g/mol. The molecule has 0 N–H and O–H groups in total. The first-order chi connectivity index (χ1) is 8.72. The molecule has 0 unspecified atom stereocenters. The third kappa shape index (κ3) is 3.61. The summed E-state index contributed by atoms with van der Waals surface area (Å²) in [6.45, 7) is 7.63. The molecule has 3 nitrogen and oxygen atoms in total. The molecule has 19 heavy (non-hydrogen) atoms. The SMILES string of the molecule is Cc1ccc(I)c(OC2(C(=O)OC(C)(C)C)CC2)c1. The smallest absolute Gasteiger partial charge is 0.351 e. The second-order valence-corrected chi connectivity index (χ2v) is 7.19. The Balaban J connectivity index is 2.14. The Morgan fingerprint density at radius 3 is 2.47 bits per heavy atom. The van der Waals surface area contributed by atoms with E-state index in [2.05, 4.69) is 22.6 Å². The lowest BCUT2D eigenvalue weighted by molar-refractivity contribution is -0.165. The summed E-state index contributed by atoms with van der Waals surface area (Å²) in [4.78, 5) is 12.2. The summed E-state index contributed by atoms with van der Waals surface area (Å²) in [6.07, 6.45) is 1.46. The number of carbonyl (C=O) groups is 1. The molecule has 0 saturated heterocycles. The molecule has 1 saturated carbocycles. The zero-order valence-electron chi connectivity index (χ0n) is 11.7. The van der Waals surface area contributed by atoms with Gasteiger partial charge in [0, 0.05) is 12.8 Å². The van der Waals surface area contributed by atoms with Gasteiger partial charge in [-0.1, -0.05) is 6.07 Å². The summed E-state index contributed by atoms with van der Waals surface area (Å²) in [5.41, 5.74) is -0.119. The topological polar surface area (TPSA) is 35.5 Å². The van der Waals surface area contributed by atoms with Crippen molar-refractivity contribution >= 4 is 28.6 Å². The standard InChI is InChI=1S/C15H19IO3/c1-10-5-6-11(16)12(9-10)18-15(7-8-15)13(17)19-14(2,3)4/h5-6,9H,7-8H2,1-4H3. The van der Waals surface area contributed by atoms with E-state index >= 15 is 0 Å². The van der Waals surface area contributed by atoms with Crippen LogP contribution in [0.15, 0.2) is 18.2 Å². The van der Waals surface area contributed by atoms with Gasteiger partial charge >= 0.3 is 5.97 Å². The zero-order chi connectivity index (χ0) is 14.3. The summed E-state index contributed by atoms with van der Waals surface area (Å²) in [7, 11) is 0. The summed E-state index contributed by atoms with van der Waals surface area (Å²) in [5.74, 6) is 0.515. The molecule has 0 radical (unpaired) electrons. The molecule has 0 bridgehead atoms. The minimum atomic E-state index is -0.763. The van der Waals surface area contributed by atoms with Crippen molar-refractivity contribution in [1.82, 2.24) is 0 Å². The van der Waals surface area contributed by atoms with Crippen LogP contribution in [-0.2, 0) is 9.53 Å². The van der Waals surface area contributed by atoms with Crippen LogP contribution in [0.3, 0.4) is 0 Å². The van der Waals surface area contributed by atoms with E-state index in [4.69, 9.17) is 9.47 Å². The Morgan fingerprint density at radius 2 is 1.95 bits per heavy atom. The molecular formula is C15H19IO3. The van der Waals surface area contributed by atoms with Gasteiger partial charge < -0.3 is 9.47 Å². The summed E-state index contributed by atoms with van der Waals surface area (Å²) in [5, 5.41) is 0. The summed E-state index contributed by atoms with van der Waals surface area (Å²) >= 11 is 2.22. The average molecular weight is 374 g/mol. The first kappa shape index (κ1) is 14.6. The van der Waals surface area contributed by atoms with Crippen LogP contribution in [-0.4, -0.2) is 17.2 Å². The van der Waals surface area contributed by atoms with Gasteiger partial charge in [0.1, 0.15) is 11.4 Å². The Hall–Kier alpha value is -0.780. The fourth-order valence-corrected chi connectivity index (χ4v) is 2.18. The molecule has 0 aromatic heterocycles. The molecule has 1 aromatic carbocycles. The number of halogens is 1. The highest BCUT2D eigenvalue weighted by atomic mass is 127. The van der Waals surface area contributed by atoms with Crippen LogP contribution in [0.4, 0.5) is 0 Å². The lowest BCUT2D eigenvalue weighted by Crippen LogP contribution is -2.37. The highest BCUT2D eigenvalue weighted by Gasteiger charge is 2.55. The molecule has 0 amide bonds. The van der Waals surface area contributed by atoms with E-state index in [0.29, 0.717) is 0 Å². The highest BCUT2D eigenvalue weighted by Crippen LogP contribution is 2.43. The molecule has 0 spiro atoms. The largest absolute Gasteiger partial charge is 0.474 e. The Kier molecular flexibility index (Phi) is 3.82. The summed E-state index contributed by atoms with van der Waals surface area (Å²) < 4.78 is 12.4. The molecule has 1 aliphatic rings. The van der Waals surface area contributed by atoms with E-state index < -0.39 is 11.2 Å².